The molecule has 3 amide bonds. The molecule has 3 heterocycles. The Morgan fingerprint density at radius 3 is 2.25 bits per heavy atom. The number of carboxylic acids is 1. The highest BCUT2D eigenvalue weighted by molar-refractivity contribution is 6.31. The predicted molar refractivity (Wildman–Crippen MR) is 265 cm³/mol. The van der Waals surface area contributed by atoms with E-state index < -0.39 is 35.7 Å². The average molecular weight is 1020 g/mol. The van der Waals surface area contributed by atoms with Gasteiger partial charge < -0.3 is 39.6 Å². The Labute approximate surface area is 422 Å². The molecular weight excluding hydrogens is 963 g/mol. The van der Waals surface area contributed by atoms with Gasteiger partial charge in [0.1, 0.15) is 23.4 Å². The second-order valence-corrected chi connectivity index (χ2v) is 19.2. The van der Waals surface area contributed by atoms with Crippen molar-refractivity contribution in [2.24, 2.45) is 13.0 Å². The van der Waals surface area contributed by atoms with Crippen LogP contribution in [0, 0.1) is 5.92 Å². The normalized spacial score (nSPS) is 20.4. The van der Waals surface area contributed by atoms with E-state index in [9.17, 15) is 27.6 Å². The first-order valence-electron chi connectivity index (χ1n) is 23.2. The quantitative estimate of drug-likeness (QED) is 0.105. The molecule has 380 valence electrons. The second-order valence-electron chi connectivity index (χ2n) is 18.3. The number of aromatic nitrogens is 2. The summed E-state index contributed by atoms with van der Waals surface area (Å²) in [4.78, 5) is 63.3. The van der Waals surface area contributed by atoms with Crippen molar-refractivity contribution >= 4 is 46.9 Å². The van der Waals surface area contributed by atoms with E-state index in [1.165, 1.54) is 7.11 Å². The van der Waals surface area contributed by atoms with Crippen LogP contribution in [0.2, 0.25) is 10.0 Å². The molecule has 0 aliphatic carbocycles. The number of fused-ring (bicyclic) bond motifs is 2. The standard InChI is InChI=1S/C50H59Cl2N7O5.C2HF3O2/c1-34-47(60)54-43(32-63-5)48(61)55-50(28-36-12-17-40(51)18-13-36)23-9-24-59(33-50)49(62)38(26-35-10-7-6-8-11-35)22-25-58(34)30-39-14-19-41(52)27-45(39)64-42-20-15-37(16-21-42)44-29-53-46(57(44)4)31-56(2)3;3-2(4,5)1(6)7/h6-8,10-21,27,29,34,38,43H,9,22-26,28,30-33H2,1-5H3,(H,54,60)(H,55,61);(H,6,7)/t34-,38-,43-,50+;/m0./s1. The second kappa shape index (κ2) is 24.4. The Balaban J connectivity index is 0.00000110. The number of rotatable bonds is 13. The Kier molecular flexibility index (Phi) is 18.7. The van der Waals surface area contributed by atoms with Gasteiger partial charge in [0.25, 0.3) is 0 Å². The first-order valence-corrected chi connectivity index (χ1v) is 23.9. The minimum absolute atomic E-state index is 0.0276. The van der Waals surface area contributed by atoms with E-state index in [2.05, 4.69) is 25.1 Å². The molecule has 2 fully saturated rings. The number of hydrogen-bond acceptors (Lipinski definition) is 9. The number of imidazole rings is 1. The van der Waals surface area contributed by atoms with Crippen molar-refractivity contribution in [3.8, 4) is 22.8 Å². The van der Waals surface area contributed by atoms with Gasteiger partial charge in [0.2, 0.25) is 17.7 Å². The molecule has 5 aromatic rings. The van der Waals surface area contributed by atoms with Crippen LogP contribution >= 0.6 is 23.2 Å². The first-order chi connectivity index (χ1) is 33.7. The van der Waals surface area contributed by atoms with Crippen molar-refractivity contribution in [1.82, 2.24) is 34.9 Å². The van der Waals surface area contributed by atoms with Gasteiger partial charge in [-0.1, -0.05) is 71.7 Å². The average Bonchev–Trinajstić information content (AvgIpc) is 3.68. The lowest BCUT2D eigenvalue weighted by Gasteiger charge is -2.45. The maximum absolute atomic E-state index is 14.9. The van der Waals surface area contributed by atoms with Gasteiger partial charge in [0.15, 0.2) is 0 Å². The fraction of sp³-hybridized carbons (Fsp3) is 0.404. The summed E-state index contributed by atoms with van der Waals surface area (Å²) in [5, 5.41) is 14.6. The van der Waals surface area contributed by atoms with E-state index in [4.69, 9.17) is 42.6 Å². The summed E-state index contributed by atoms with van der Waals surface area (Å²) in [6.07, 6.45) is -0.353. The highest BCUT2D eigenvalue weighted by atomic mass is 35.5. The van der Waals surface area contributed by atoms with E-state index in [1.807, 2.05) is 135 Å². The third kappa shape index (κ3) is 15.0. The summed E-state index contributed by atoms with van der Waals surface area (Å²) < 4.78 is 45.9. The summed E-state index contributed by atoms with van der Waals surface area (Å²) >= 11 is 12.9. The largest absolute Gasteiger partial charge is 0.490 e. The number of piperidine rings is 1. The van der Waals surface area contributed by atoms with Crippen molar-refractivity contribution in [2.75, 3.05) is 47.4 Å². The molecule has 0 radical (unpaired) electrons. The Hall–Kier alpha value is -5.98. The molecule has 14 nitrogen and oxygen atoms in total. The summed E-state index contributed by atoms with van der Waals surface area (Å²) in [6.45, 7) is 4.12. The zero-order valence-corrected chi connectivity index (χ0v) is 41.9. The van der Waals surface area contributed by atoms with Crippen molar-refractivity contribution in [3.63, 3.8) is 0 Å². The highest BCUT2D eigenvalue weighted by Gasteiger charge is 2.42. The van der Waals surface area contributed by atoms with Gasteiger partial charge in [-0.25, -0.2) is 9.78 Å². The lowest BCUT2D eigenvalue weighted by molar-refractivity contribution is -0.192. The Morgan fingerprint density at radius 2 is 1.61 bits per heavy atom. The molecule has 0 spiro atoms. The number of aliphatic carboxylic acids is 1. The van der Waals surface area contributed by atoms with Crippen LogP contribution in [0.25, 0.3) is 11.3 Å². The zero-order valence-electron chi connectivity index (χ0n) is 40.3. The predicted octanol–water partition coefficient (Wildman–Crippen LogP) is 8.19. The monoisotopic (exact) mass is 1020 g/mol. The number of halogens is 5. The molecule has 2 bridgehead atoms. The molecule has 7 rings (SSSR count). The lowest BCUT2D eigenvalue weighted by atomic mass is 9.81. The van der Waals surface area contributed by atoms with E-state index >= 15 is 0 Å². The number of carbonyl (C=O) groups is 4. The van der Waals surface area contributed by atoms with Crippen LogP contribution in [-0.4, -0.2) is 124 Å². The molecule has 2 aliphatic rings. The minimum atomic E-state index is -5.08. The van der Waals surface area contributed by atoms with Crippen LogP contribution in [0.3, 0.4) is 0 Å². The maximum Gasteiger partial charge on any atom is 0.490 e. The van der Waals surface area contributed by atoms with Crippen LogP contribution in [0.1, 0.15) is 48.7 Å². The molecule has 3 N–H and O–H groups in total. The van der Waals surface area contributed by atoms with Gasteiger partial charge in [0, 0.05) is 67.4 Å². The number of carboxylic acid groups (broad SMARTS) is 1. The molecule has 4 aromatic carbocycles. The molecule has 1 aromatic heterocycles. The van der Waals surface area contributed by atoms with Gasteiger partial charge in [-0.15, -0.1) is 0 Å². The number of carbonyl (C=O) groups excluding carboxylic acids is 3. The van der Waals surface area contributed by atoms with Crippen LogP contribution in [0.4, 0.5) is 13.2 Å². The van der Waals surface area contributed by atoms with E-state index in [1.54, 1.807) is 6.07 Å². The van der Waals surface area contributed by atoms with Gasteiger partial charge in [-0.2, -0.15) is 13.2 Å². The third-order valence-corrected chi connectivity index (χ3v) is 13.1. The highest BCUT2D eigenvalue weighted by Crippen LogP contribution is 2.33. The lowest BCUT2D eigenvalue weighted by Crippen LogP contribution is -2.65. The van der Waals surface area contributed by atoms with Gasteiger partial charge in [0.05, 0.1) is 36.6 Å². The molecule has 19 heteroatoms. The van der Waals surface area contributed by atoms with Crippen LogP contribution < -0.4 is 15.4 Å². The Morgan fingerprint density at radius 1 is 0.930 bits per heavy atom. The molecule has 0 unspecified atom stereocenters. The Bertz CT molecular complexity index is 2600. The molecule has 71 heavy (non-hydrogen) atoms. The van der Waals surface area contributed by atoms with Crippen LogP contribution in [0.15, 0.2) is 103 Å². The van der Waals surface area contributed by atoms with Crippen molar-refractivity contribution in [2.45, 2.75) is 75.9 Å². The van der Waals surface area contributed by atoms with E-state index in [-0.39, 0.29) is 24.3 Å². The third-order valence-electron chi connectivity index (χ3n) is 12.6. The van der Waals surface area contributed by atoms with E-state index in [0.717, 1.165) is 40.3 Å². The topological polar surface area (TPSA) is 159 Å². The van der Waals surface area contributed by atoms with Crippen LogP contribution in [-0.2, 0) is 56.9 Å². The summed E-state index contributed by atoms with van der Waals surface area (Å²) in [5.74, 6) is -1.71. The van der Waals surface area contributed by atoms with Gasteiger partial charge in [-0.05, 0) is 113 Å². The molecular formula is C52H60Cl2F3N7O7. The number of ether oxygens (including phenoxy) is 2. The van der Waals surface area contributed by atoms with Gasteiger partial charge >= 0.3 is 12.1 Å². The van der Waals surface area contributed by atoms with Gasteiger partial charge in [-0.3, -0.25) is 19.3 Å². The SMILES string of the molecule is COC[C@@H]1NC(=O)[C@H](C)N(Cc2ccc(Cl)cc2Oc2ccc(-c3cnc(CN(C)C)n3C)cc2)CC[C@@H](Cc2ccccc2)C(=O)N2CCC[C@@](Cc3ccc(Cl)cc3)(C2)NC1=O.O=C(O)C(F)(F)F. The number of nitrogens with zero attached hydrogens (tertiary/aromatic N) is 5. The molecule has 2 aliphatic heterocycles. The summed E-state index contributed by atoms with van der Waals surface area (Å²) in [7, 11) is 7.56. The molecule has 0 saturated carbocycles. The number of nitrogens with one attached hydrogen (secondary N) is 2. The first kappa shape index (κ1) is 54.4. The maximum atomic E-state index is 14.9. The molecule has 2 saturated heterocycles. The fourth-order valence-electron chi connectivity index (χ4n) is 8.90. The van der Waals surface area contributed by atoms with Crippen molar-refractivity contribution in [1.29, 1.82) is 0 Å². The zero-order chi connectivity index (χ0) is 51.5. The molecule has 4 atom stereocenters. The minimum Gasteiger partial charge on any atom is -0.475 e. The number of benzene rings is 4. The number of hydrogen-bond donors (Lipinski definition) is 3. The van der Waals surface area contributed by atoms with Crippen molar-refractivity contribution in [3.05, 3.63) is 136 Å². The van der Waals surface area contributed by atoms with E-state index in [0.29, 0.717) is 79.8 Å². The summed E-state index contributed by atoms with van der Waals surface area (Å²) in [6, 6.07) is 29.3. The number of alkyl halides is 3. The number of amides is 3. The fourth-order valence-corrected chi connectivity index (χ4v) is 9.19. The summed E-state index contributed by atoms with van der Waals surface area (Å²) in [5.41, 5.74) is 4.05. The van der Waals surface area contributed by atoms with Crippen LogP contribution in [0.5, 0.6) is 11.5 Å². The smallest absolute Gasteiger partial charge is 0.475 e. The number of methoxy groups -OCH3 is 1. The van der Waals surface area contributed by atoms with Crippen molar-refractivity contribution < 1.29 is 46.9 Å².